The minimum absolute atomic E-state index is 0.0297. The second-order valence-corrected chi connectivity index (χ2v) is 8.03. The Morgan fingerprint density at radius 2 is 2.00 bits per heavy atom. The number of carbonyl (C=O) groups is 1. The second-order valence-electron chi connectivity index (χ2n) is 6.12. The molecular formula is C17H26N2O4S. The number of methoxy groups -OCH3 is 1. The number of nitrogens with zero attached hydrogens (tertiary/aromatic N) is 1. The van der Waals surface area contributed by atoms with Crippen LogP contribution in [0.25, 0.3) is 0 Å². The Morgan fingerprint density at radius 3 is 2.58 bits per heavy atom. The zero-order valence-corrected chi connectivity index (χ0v) is 15.4. The number of rotatable bonds is 6. The molecule has 1 aromatic carbocycles. The highest BCUT2D eigenvalue weighted by molar-refractivity contribution is 7.89. The topological polar surface area (TPSA) is 75.7 Å². The number of piperidine rings is 1. The molecule has 1 saturated heterocycles. The van der Waals surface area contributed by atoms with Crippen molar-refractivity contribution in [1.82, 2.24) is 9.62 Å². The van der Waals surface area contributed by atoms with Crippen molar-refractivity contribution in [2.75, 3.05) is 26.7 Å². The Morgan fingerprint density at radius 1 is 1.33 bits per heavy atom. The van der Waals surface area contributed by atoms with E-state index in [2.05, 4.69) is 5.32 Å². The van der Waals surface area contributed by atoms with Crippen LogP contribution in [0.2, 0.25) is 0 Å². The summed E-state index contributed by atoms with van der Waals surface area (Å²) in [5.74, 6) is 0.271. The summed E-state index contributed by atoms with van der Waals surface area (Å²) < 4.78 is 32.5. The fourth-order valence-electron chi connectivity index (χ4n) is 2.88. The normalized spacial score (nSPS) is 16.8. The average Bonchev–Trinajstić information content (AvgIpc) is 2.59. The van der Waals surface area contributed by atoms with Crippen molar-refractivity contribution in [3.8, 4) is 5.75 Å². The molecular weight excluding hydrogens is 328 g/mol. The van der Waals surface area contributed by atoms with Gasteiger partial charge in [0, 0.05) is 25.6 Å². The molecule has 0 atom stereocenters. The van der Waals surface area contributed by atoms with E-state index < -0.39 is 10.0 Å². The first-order chi connectivity index (χ1) is 11.4. The largest absolute Gasteiger partial charge is 0.495 e. The summed E-state index contributed by atoms with van der Waals surface area (Å²) in [4.78, 5) is 12.2. The van der Waals surface area contributed by atoms with Crippen molar-refractivity contribution in [1.29, 1.82) is 0 Å². The van der Waals surface area contributed by atoms with Crippen LogP contribution in [0.5, 0.6) is 5.75 Å². The highest BCUT2D eigenvalue weighted by Gasteiger charge is 2.33. The molecule has 1 heterocycles. The molecule has 24 heavy (non-hydrogen) atoms. The zero-order chi connectivity index (χ0) is 17.7. The predicted octanol–water partition coefficient (Wildman–Crippen LogP) is 1.93. The molecule has 0 spiro atoms. The number of ether oxygens (including phenoxy) is 1. The molecule has 0 bridgehead atoms. The van der Waals surface area contributed by atoms with Crippen LogP contribution in [-0.2, 0) is 14.8 Å². The molecule has 0 radical (unpaired) electrons. The molecule has 1 N–H and O–H groups in total. The van der Waals surface area contributed by atoms with Gasteiger partial charge in [0.15, 0.2) is 0 Å². The molecule has 6 nitrogen and oxygen atoms in total. The van der Waals surface area contributed by atoms with Crippen LogP contribution in [0, 0.1) is 12.8 Å². The van der Waals surface area contributed by atoms with Crippen LogP contribution in [-0.4, -0.2) is 45.4 Å². The Bertz CT molecular complexity index is 680. The molecule has 1 amide bonds. The van der Waals surface area contributed by atoms with Gasteiger partial charge in [-0.25, -0.2) is 8.42 Å². The van der Waals surface area contributed by atoms with Crippen LogP contribution < -0.4 is 10.1 Å². The summed E-state index contributed by atoms with van der Waals surface area (Å²) in [6.45, 7) is 5.22. The lowest BCUT2D eigenvalue weighted by Gasteiger charge is -2.31. The van der Waals surface area contributed by atoms with E-state index in [1.54, 1.807) is 12.1 Å². The quantitative estimate of drug-likeness (QED) is 0.847. The second kappa shape index (κ2) is 7.98. The number of sulfonamides is 1. The van der Waals surface area contributed by atoms with Gasteiger partial charge in [0.05, 0.1) is 7.11 Å². The molecule has 0 unspecified atom stereocenters. The molecule has 1 aromatic rings. The lowest BCUT2D eigenvalue weighted by atomic mass is 9.97. The van der Waals surface area contributed by atoms with E-state index in [-0.39, 0.29) is 16.7 Å². The van der Waals surface area contributed by atoms with Crippen molar-refractivity contribution >= 4 is 15.9 Å². The molecule has 1 fully saturated rings. The molecule has 0 aliphatic carbocycles. The minimum atomic E-state index is -3.62. The van der Waals surface area contributed by atoms with E-state index in [0.717, 1.165) is 12.0 Å². The van der Waals surface area contributed by atoms with Crippen LogP contribution in [0.15, 0.2) is 23.1 Å². The zero-order valence-electron chi connectivity index (χ0n) is 14.5. The van der Waals surface area contributed by atoms with Gasteiger partial charge in [-0.05, 0) is 43.9 Å². The summed E-state index contributed by atoms with van der Waals surface area (Å²) in [6.07, 6.45) is 1.98. The van der Waals surface area contributed by atoms with Gasteiger partial charge in [-0.1, -0.05) is 13.0 Å². The van der Waals surface area contributed by atoms with Gasteiger partial charge in [0.1, 0.15) is 10.6 Å². The maximum Gasteiger partial charge on any atom is 0.246 e. The first-order valence-electron chi connectivity index (χ1n) is 8.32. The number of amides is 1. The monoisotopic (exact) mass is 354 g/mol. The smallest absolute Gasteiger partial charge is 0.246 e. The number of carbonyl (C=O) groups excluding carboxylic acids is 1. The molecule has 2 rings (SSSR count). The molecule has 0 aromatic heterocycles. The Hall–Kier alpha value is -1.60. The van der Waals surface area contributed by atoms with E-state index >= 15 is 0 Å². The van der Waals surface area contributed by atoms with Gasteiger partial charge in [0.2, 0.25) is 15.9 Å². The number of hydrogen-bond acceptors (Lipinski definition) is 4. The number of nitrogens with one attached hydrogen (secondary N) is 1. The SMILES string of the molecule is CCCNC(=O)C1CCN(S(=O)(=O)c2cc(C)ccc2OC)CC1. The molecule has 7 heteroatoms. The van der Waals surface area contributed by atoms with Crippen molar-refractivity contribution in [2.45, 2.75) is 38.0 Å². The Kier molecular flexibility index (Phi) is 6.23. The average molecular weight is 354 g/mol. The van der Waals surface area contributed by atoms with E-state index in [0.29, 0.717) is 38.2 Å². The first kappa shape index (κ1) is 18.7. The summed E-state index contributed by atoms with van der Waals surface area (Å²) >= 11 is 0. The van der Waals surface area contributed by atoms with Crippen molar-refractivity contribution in [2.24, 2.45) is 5.92 Å². The molecule has 134 valence electrons. The van der Waals surface area contributed by atoms with Crippen molar-refractivity contribution in [3.05, 3.63) is 23.8 Å². The van der Waals surface area contributed by atoms with E-state index in [4.69, 9.17) is 4.74 Å². The lowest BCUT2D eigenvalue weighted by molar-refractivity contribution is -0.126. The Balaban J connectivity index is 2.10. The highest BCUT2D eigenvalue weighted by atomic mass is 32.2. The summed E-state index contributed by atoms with van der Waals surface area (Å²) in [5, 5.41) is 2.89. The van der Waals surface area contributed by atoms with E-state index in [1.165, 1.54) is 11.4 Å². The van der Waals surface area contributed by atoms with Crippen LogP contribution >= 0.6 is 0 Å². The standard InChI is InChI=1S/C17H26N2O4S/c1-4-9-18-17(20)14-7-10-19(11-8-14)24(21,22)16-12-13(2)5-6-15(16)23-3/h5-6,12,14H,4,7-11H2,1-3H3,(H,18,20). The summed E-state index contributed by atoms with van der Waals surface area (Å²) in [7, 11) is -2.15. The minimum Gasteiger partial charge on any atom is -0.495 e. The molecule has 1 aliphatic heterocycles. The maximum absolute atomic E-state index is 12.9. The predicted molar refractivity (Wildman–Crippen MR) is 92.5 cm³/mol. The van der Waals surface area contributed by atoms with Gasteiger partial charge in [-0.3, -0.25) is 4.79 Å². The Labute approximate surface area is 144 Å². The summed E-state index contributed by atoms with van der Waals surface area (Å²) in [5.41, 5.74) is 0.864. The van der Waals surface area contributed by atoms with Gasteiger partial charge in [0.25, 0.3) is 0 Å². The molecule has 1 aliphatic rings. The van der Waals surface area contributed by atoms with Crippen molar-refractivity contribution < 1.29 is 17.9 Å². The summed E-state index contributed by atoms with van der Waals surface area (Å²) in [6, 6.07) is 5.13. The highest BCUT2D eigenvalue weighted by Crippen LogP contribution is 2.30. The van der Waals surface area contributed by atoms with Gasteiger partial charge in [-0.15, -0.1) is 0 Å². The first-order valence-corrected chi connectivity index (χ1v) is 9.76. The third-order valence-corrected chi connectivity index (χ3v) is 6.23. The maximum atomic E-state index is 12.9. The lowest BCUT2D eigenvalue weighted by Crippen LogP contribution is -2.43. The van der Waals surface area contributed by atoms with E-state index in [9.17, 15) is 13.2 Å². The third kappa shape index (κ3) is 4.08. The van der Waals surface area contributed by atoms with E-state index in [1.807, 2.05) is 19.9 Å². The third-order valence-electron chi connectivity index (χ3n) is 4.31. The van der Waals surface area contributed by atoms with Crippen LogP contribution in [0.3, 0.4) is 0 Å². The van der Waals surface area contributed by atoms with Gasteiger partial charge >= 0.3 is 0 Å². The van der Waals surface area contributed by atoms with Gasteiger partial charge < -0.3 is 10.1 Å². The van der Waals surface area contributed by atoms with Crippen LogP contribution in [0.4, 0.5) is 0 Å². The number of aryl methyl sites for hydroxylation is 1. The number of benzene rings is 1. The fraction of sp³-hybridized carbons (Fsp3) is 0.588. The van der Waals surface area contributed by atoms with Crippen molar-refractivity contribution in [3.63, 3.8) is 0 Å². The number of hydrogen-bond donors (Lipinski definition) is 1. The molecule has 0 saturated carbocycles. The van der Waals surface area contributed by atoms with Gasteiger partial charge in [-0.2, -0.15) is 4.31 Å². The van der Waals surface area contributed by atoms with Crippen LogP contribution in [0.1, 0.15) is 31.7 Å². The fourth-order valence-corrected chi connectivity index (χ4v) is 4.59.